The van der Waals surface area contributed by atoms with E-state index in [4.69, 9.17) is 0 Å². The lowest BCUT2D eigenvalue weighted by atomic mass is 10.1. The molecule has 0 aliphatic carbocycles. The van der Waals surface area contributed by atoms with E-state index in [0.29, 0.717) is 24.1 Å². The molecule has 0 fully saturated rings. The summed E-state index contributed by atoms with van der Waals surface area (Å²) in [6.45, 7) is 2.62. The molecule has 1 aromatic carbocycles. The lowest BCUT2D eigenvalue weighted by Crippen LogP contribution is -3.00. The molecule has 2 aromatic heterocycles. The van der Waals surface area contributed by atoms with Gasteiger partial charge in [-0.3, -0.25) is 18.7 Å². The van der Waals surface area contributed by atoms with Gasteiger partial charge in [0.05, 0.1) is 12.4 Å². The number of nitrogens with two attached hydrogens (primary N) is 1. The SMILES string of the molecule is CC(CCn1cnc2c1c(=O)n(C)c(=O)n2C)[NH2+]CC(=O)c1cc(O)cc(O)c1.[Cl-]. The standard InChI is InChI=1S/C19H23N5O5.ClH/c1-11(20-9-15(27)12-6-13(25)8-14(26)7-12)4-5-24-10-21-17-16(24)18(28)23(3)19(29)22(17)2;/h6-8,10-11,20,25-26H,4-5,9H2,1-3H3;1H. The van der Waals surface area contributed by atoms with Crippen LogP contribution in [0, 0.1) is 0 Å². The summed E-state index contributed by atoms with van der Waals surface area (Å²) in [6, 6.07) is 3.87. The van der Waals surface area contributed by atoms with Gasteiger partial charge >= 0.3 is 5.69 Å². The Morgan fingerprint density at radius 1 is 1.13 bits per heavy atom. The fourth-order valence-electron chi connectivity index (χ4n) is 3.21. The number of aromatic hydroxyl groups is 2. The van der Waals surface area contributed by atoms with Gasteiger partial charge in [0, 0.05) is 38.7 Å². The summed E-state index contributed by atoms with van der Waals surface area (Å²) < 4.78 is 4.11. The van der Waals surface area contributed by atoms with Gasteiger partial charge < -0.3 is 32.5 Å². The number of rotatable bonds is 7. The molecule has 0 amide bonds. The molecule has 2 heterocycles. The summed E-state index contributed by atoms with van der Waals surface area (Å²) in [7, 11) is 3.01. The number of ketones is 1. The second-order valence-electron chi connectivity index (χ2n) is 7.18. The second-order valence-corrected chi connectivity index (χ2v) is 7.18. The maximum atomic E-state index is 12.5. The van der Waals surface area contributed by atoms with Crippen LogP contribution in [0.2, 0.25) is 0 Å². The van der Waals surface area contributed by atoms with Gasteiger partial charge in [-0.15, -0.1) is 0 Å². The van der Waals surface area contributed by atoms with Crippen molar-refractivity contribution in [3.8, 4) is 11.5 Å². The molecule has 162 valence electrons. The molecule has 0 saturated heterocycles. The van der Waals surface area contributed by atoms with Crippen molar-refractivity contribution in [3.63, 3.8) is 0 Å². The number of phenols is 2. The Labute approximate surface area is 177 Å². The van der Waals surface area contributed by atoms with Gasteiger partial charge in [0.25, 0.3) is 5.56 Å². The molecule has 0 radical (unpaired) electrons. The third-order valence-electron chi connectivity index (χ3n) is 4.97. The van der Waals surface area contributed by atoms with Gasteiger partial charge in [-0.05, 0) is 19.1 Å². The maximum Gasteiger partial charge on any atom is 0.332 e. The number of nitrogens with zero attached hydrogens (tertiary/aromatic N) is 4. The molecule has 10 nitrogen and oxygen atoms in total. The molecule has 0 saturated carbocycles. The van der Waals surface area contributed by atoms with Crippen molar-refractivity contribution in [2.45, 2.75) is 25.9 Å². The number of Topliss-reactive ketones (excluding diaryl/α,β-unsaturated/α-hetero) is 1. The summed E-state index contributed by atoms with van der Waals surface area (Å²) in [4.78, 5) is 40.9. The van der Waals surface area contributed by atoms with Crippen molar-refractivity contribution in [1.82, 2.24) is 18.7 Å². The van der Waals surface area contributed by atoms with Crippen LogP contribution < -0.4 is 29.0 Å². The van der Waals surface area contributed by atoms with Crippen LogP contribution in [0.3, 0.4) is 0 Å². The molecule has 11 heteroatoms. The van der Waals surface area contributed by atoms with Crippen LogP contribution >= 0.6 is 0 Å². The number of fused-ring (bicyclic) bond motifs is 1. The van der Waals surface area contributed by atoms with Crippen LogP contribution in [0.4, 0.5) is 0 Å². The quantitative estimate of drug-likeness (QED) is 0.323. The lowest BCUT2D eigenvalue weighted by Gasteiger charge is -2.12. The van der Waals surface area contributed by atoms with Crippen molar-refractivity contribution in [2.24, 2.45) is 14.1 Å². The number of aromatic nitrogens is 4. The van der Waals surface area contributed by atoms with E-state index in [1.165, 1.54) is 29.8 Å². The van der Waals surface area contributed by atoms with Gasteiger partial charge in [0.15, 0.2) is 11.2 Å². The Morgan fingerprint density at radius 3 is 2.40 bits per heavy atom. The van der Waals surface area contributed by atoms with E-state index in [2.05, 4.69) is 4.98 Å². The molecule has 0 spiro atoms. The van der Waals surface area contributed by atoms with Crippen molar-refractivity contribution >= 4 is 16.9 Å². The lowest BCUT2D eigenvalue weighted by molar-refractivity contribution is -0.675. The normalized spacial score (nSPS) is 12.0. The zero-order chi connectivity index (χ0) is 21.3. The number of halogens is 1. The molecule has 1 atom stereocenters. The highest BCUT2D eigenvalue weighted by molar-refractivity contribution is 5.97. The molecular weight excluding hydrogens is 414 g/mol. The van der Waals surface area contributed by atoms with Crippen LogP contribution in [0.5, 0.6) is 11.5 Å². The molecule has 0 aliphatic rings. The average molecular weight is 438 g/mol. The van der Waals surface area contributed by atoms with E-state index in [1.807, 2.05) is 12.2 Å². The summed E-state index contributed by atoms with van der Waals surface area (Å²) >= 11 is 0. The molecule has 0 bridgehead atoms. The molecule has 3 aromatic rings. The number of phenolic OH excluding ortho intramolecular Hbond substituents is 2. The topological polar surface area (TPSA) is 136 Å². The zero-order valence-electron chi connectivity index (χ0n) is 16.9. The van der Waals surface area contributed by atoms with Crippen LogP contribution in [0.1, 0.15) is 23.7 Å². The third kappa shape index (κ3) is 4.55. The molecular formula is C19H24ClN5O5. The zero-order valence-corrected chi connectivity index (χ0v) is 17.6. The minimum Gasteiger partial charge on any atom is -1.00 e. The first-order valence-corrected chi connectivity index (χ1v) is 9.19. The molecule has 1 unspecified atom stereocenters. The van der Waals surface area contributed by atoms with Crippen molar-refractivity contribution < 1.29 is 32.7 Å². The van der Waals surface area contributed by atoms with E-state index >= 15 is 0 Å². The fraction of sp³-hybridized carbons (Fsp3) is 0.368. The van der Waals surface area contributed by atoms with Gasteiger partial charge in [-0.1, -0.05) is 0 Å². The Hall–Kier alpha value is -3.11. The van der Waals surface area contributed by atoms with E-state index in [9.17, 15) is 24.6 Å². The smallest absolute Gasteiger partial charge is 0.332 e. The monoisotopic (exact) mass is 437 g/mol. The van der Waals surface area contributed by atoms with Crippen molar-refractivity contribution in [2.75, 3.05) is 6.54 Å². The highest BCUT2D eigenvalue weighted by Gasteiger charge is 2.16. The van der Waals surface area contributed by atoms with Gasteiger partial charge in [0.1, 0.15) is 18.0 Å². The molecule has 3 rings (SSSR count). The summed E-state index contributed by atoms with van der Waals surface area (Å²) in [5, 5.41) is 20.8. The van der Waals surface area contributed by atoms with Gasteiger partial charge in [-0.2, -0.15) is 0 Å². The average Bonchev–Trinajstić information content (AvgIpc) is 3.10. The summed E-state index contributed by atoms with van der Waals surface area (Å²) in [5.41, 5.74) is 0.139. The Kier molecular flexibility index (Phi) is 7.06. The van der Waals surface area contributed by atoms with Crippen molar-refractivity contribution in [1.29, 1.82) is 0 Å². The van der Waals surface area contributed by atoms with E-state index < -0.39 is 11.2 Å². The van der Waals surface area contributed by atoms with Crippen LogP contribution in [0.15, 0.2) is 34.1 Å². The van der Waals surface area contributed by atoms with Crippen LogP contribution in [-0.4, -0.2) is 47.3 Å². The predicted octanol–water partition coefficient (Wildman–Crippen LogP) is -3.93. The predicted molar refractivity (Wildman–Crippen MR) is 105 cm³/mol. The number of carbonyl (C=O) groups is 1. The number of hydrogen-bond donors (Lipinski definition) is 3. The highest BCUT2D eigenvalue weighted by Crippen LogP contribution is 2.20. The number of hydrogen-bond acceptors (Lipinski definition) is 6. The highest BCUT2D eigenvalue weighted by atomic mass is 35.5. The van der Waals surface area contributed by atoms with Crippen LogP contribution in [0.25, 0.3) is 11.2 Å². The number of benzene rings is 1. The van der Waals surface area contributed by atoms with E-state index in [0.717, 1.165) is 4.57 Å². The summed E-state index contributed by atoms with van der Waals surface area (Å²) in [5.74, 6) is -0.534. The Morgan fingerprint density at radius 2 is 1.77 bits per heavy atom. The molecule has 0 aliphatic heterocycles. The van der Waals surface area contributed by atoms with Crippen LogP contribution in [-0.2, 0) is 20.6 Å². The minimum absolute atomic E-state index is 0. The first kappa shape index (κ1) is 23.2. The number of imidazole rings is 1. The maximum absolute atomic E-state index is 12.5. The first-order chi connectivity index (χ1) is 13.7. The molecule has 30 heavy (non-hydrogen) atoms. The summed E-state index contributed by atoms with van der Waals surface area (Å²) in [6.07, 6.45) is 2.20. The minimum atomic E-state index is -0.425. The Bertz CT molecular complexity index is 1180. The largest absolute Gasteiger partial charge is 1.00 e. The molecule has 4 N–H and O–H groups in total. The third-order valence-corrected chi connectivity index (χ3v) is 4.97. The number of aryl methyl sites for hydroxylation is 2. The first-order valence-electron chi connectivity index (χ1n) is 9.19. The fourth-order valence-corrected chi connectivity index (χ4v) is 3.21. The number of quaternary nitrogens is 1. The second kappa shape index (κ2) is 9.14. The number of carbonyl (C=O) groups excluding carboxylic acids is 1. The van der Waals surface area contributed by atoms with E-state index in [1.54, 1.807) is 17.9 Å². The van der Waals surface area contributed by atoms with Gasteiger partial charge in [-0.25, -0.2) is 9.78 Å². The Balaban J connectivity index is 0.00000320. The van der Waals surface area contributed by atoms with Crippen molar-refractivity contribution in [3.05, 3.63) is 50.9 Å². The van der Waals surface area contributed by atoms with E-state index in [-0.39, 0.29) is 47.8 Å². The van der Waals surface area contributed by atoms with Gasteiger partial charge in [0.2, 0.25) is 5.78 Å².